The molecule has 0 saturated heterocycles. The van der Waals surface area contributed by atoms with Gasteiger partial charge in [0.15, 0.2) is 0 Å². The molecule has 1 unspecified atom stereocenters. The van der Waals surface area contributed by atoms with Crippen LogP contribution in [0.25, 0.3) is 0 Å². The maximum atomic E-state index is 11.5. The van der Waals surface area contributed by atoms with Crippen molar-refractivity contribution in [1.29, 1.82) is 0 Å². The zero-order valence-corrected chi connectivity index (χ0v) is 17.3. The zero-order chi connectivity index (χ0) is 18.2. The van der Waals surface area contributed by atoms with Crippen molar-refractivity contribution >= 4 is 8.25 Å². The lowest BCUT2D eigenvalue weighted by Crippen LogP contribution is -2.23. The van der Waals surface area contributed by atoms with E-state index < -0.39 is 8.25 Å². The average molecular weight is 375 g/mol. The second kappa shape index (κ2) is 16.2. The van der Waals surface area contributed by atoms with Gasteiger partial charge in [-0.05, 0) is 50.5 Å². The molecule has 148 valence electrons. The molecule has 4 nitrogen and oxygen atoms in total. The third kappa shape index (κ3) is 12.9. The lowest BCUT2D eigenvalue weighted by atomic mass is 9.70. The molecule has 0 radical (unpaired) electrons. The monoisotopic (exact) mass is 374 g/mol. The van der Waals surface area contributed by atoms with Crippen LogP contribution in [0.4, 0.5) is 0 Å². The van der Waals surface area contributed by atoms with Gasteiger partial charge in [0.1, 0.15) is 13.2 Å². The Morgan fingerprint density at radius 2 is 1.32 bits per heavy atom. The van der Waals surface area contributed by atoms with Gasteiger partial charge in [-0.1, -0.05) is 64.7 Å². The molecule has 1 aliphatic carbocycles. The normalized spacial score (nSPS) is 20.5. The molecule has 0 amide bonds. The summed E-state index contributed by atoms with van der Waals surface area (Å²) in [6.07, 6.45) is 17.6. The number of nitrogens with two attached hydrogens (primary N) is 1. The highest BCUT2D eigenvalue weighted by molar-refractivity contribution is 7.33. The molecule has 0 aromatic carbocycles. The quantitative estimate of drug-likeness (QED) is 0.224. The second-order valence-corrected chi connectivity index (χ2v) is 8.61. The number of hydrogen-bond acceptors (Lipinski definition) is 4. The van der Waals surface area contributed by atoms with E-state index >= 15 is 0 Å². The molecule has 1 atom stereocenters. The van der Waals surface area contributed by atoms with Crippen molar-refractivity contribution in [3.05, 3.63) is 0 Å². The Morgan fingerprint density at radius 3 is 1.88 bits per heavy atom. The summed E-state index contributed by atoms with van der Waals surface area (Å²) in [5.74, 6) is 2.04. The van der Waals surface area contributed by atoms with E-state index in [2.05, 4.69) is 6.92 Å². The summed E-state index contributed by atoms with van der Waals surface area (Å²) in [7, 11) is -1.92. The van der Waals surface area contributed by atoms with Gasteiger partial charge in [-0.15, -0.1) is 9.05 Å². The molecule has 1 saturated carbocycles. The van der Waals surface area contributed by atoms with Gasteiger partial charge in [0, 0.05) is 4.57 Å². The highest BCUT2D eigenvalue weighted by atomic mass is 31.1. The molecular weight excluding hydrogens is 333 g/mol. The average Bonchev–Trinajstić information content (AvgIpc) is 2.58. The SMILES string of the molecule is CCCCC1CC(CCCCCCO[P+](=O)OCCCCCCN)C1. The van der Waals surface area contributed by atoms with E-state index in [0.29, 0.717) is 13.2 Å². The molecule has 5 heteroatoms. The van der Waals surface area contributed by atoms with E-state index in [1.807, 2.05) is 0 Å². The van der Waals surface area contributed by atoms with Gasteiger partial charge in [-0.2, -0.15) is 0 Å². The fourth-order valence-electron chi connectivity index (χ4n) is 3.64. The van der Waals surface area contributed by atoms with Crippen molar-refractivity contribution in [3.8, 4) is 0 Å². The predicted molar refractivity (Wildman–Crippen MR) is 106 cm³/mol. The Labute approximate surface area is 156 Å². The van der Waals surface area contributed by atoms with E-state index in [1.165, 1.54) is 57.8 Å². The predicted octanol–water partition coefficient (Wildman–Crippen LogP) is 6.36. The van der Waals surface area contributed by atoms with Crippen LogP contribution in [0.1, 0.15) is 96.8 Å². The summed E-state index contributed by atoms with van der Waals surface area (Å²) in [6, 6.07) is 0. The minimum atomic E-state index is -1.92. The molecule has 0 spiro atoms. The van der Waals surface area contributed by atoms with Gasteiger partial charge >= 0.3 is 8.25 Å². The molecule has 0 heterocycles. The molecule has 0 aliphatic heterocycles. The lowest BCUT2D eigenvalue weighted by molar-refractivity contribution is 0.164. The second-order valence-electron chi connectivity index (χ2n) is 7.64. The van der Waals surface area contributed by atoms with Crippen LogP contribution in [0, 0.1) is 11.8 Å². The summed E-state index contributed by atoms with van der Waals surface area (Å²) in [6.45, 7) is 4.12. The lowest BCUT2D eigenvalue weighted by Gasteiger charge is -2.35. The van der Waals surface area contributed by atoms with Crippen molar-refractivity contribution in [2.75, 3.05) is 19.8 Å². The molecule has 1 fully saturated rings. The van der Waals surface area contributed by atoms with E-state index in [4.69, 9.17) is 14.8 Å². The number of hydrogen-bond donors (Lipinski definition) is 1. The third-order valence-electron chi connectivity index (χ3n) is 5.30. The van der Waals surface area contributed by atoms with Gasteiger partial charge in [0.05, 0.1) is 0 Å². The topological polar surface area (TPSA) is 61.5 Å². The first-order valence-corrected chi connectivity index (χ1v) is 11.8. The van der Waals surface area contributed by atoms with E-state index in [-0.39, 0.29) is 0 Å². The summed E-state index contributed by atoms with van der Waals surface area (Å²) < 4.78 is 22.0. The van der Waals surface area contributed by atoms with E-state index in [9.17, 15) is 4.57 Å². The molecular formula is C20H41NO3P+. The van der Waals surface area contributed by atoms with Crippen LogP contribution in [0.15, 0.2) is 0 Å². The molecule has 0 bridgehead atoms. The Balaban J connectivity index is 1.76. The first-order chi connectivity index (χ1) is 12.3. The smallest absolute Gasteiger partial charge is 0.330 e. The first kappa shape index (κ1) is 23.0. The van der Waals surface area contributed by atoms with Crippen molar-refractivity contribution in [3.63, 3.8) is 0 Å². The summed E-state index contributed by atoms with van der Waals surface area (Å²) in [4.78, 5) is 0. The van der Waals surface area contributed by atoms with Crippen LogP contribution >= 0.6 is 8.25 Å². The highest BCUT2D eigenvalue weighted by Crippen LogP contribution is 2.40. The van der Waals surface area contributed by atoms with Crippen LogP contribution in [0.3, 0.4) is 0 Å². The summed E-state index contributed by atoms with van der Waals surface area (Å²) in [5, 5.41) is 0. The van der Waals surface area contributed by atoms with Gasteiger partial charge in [-0.3, -0.25) is 0 Å². The minimum absolute atomic E-state index is 0.528. The highest BCUT2D eigenvalue weighted by Gasteiger charge is 2.27. The van der Waals surface area contributed by atoms with Crippen LogP contribution in [-0.4, -0.2) is 19.8 Å². The van der Waals surface area contributed by atoms with E-state index in [0.717, 1.165) is 50.5 Å². The van der Waals surface area contributed by atoms with Crippen LogP contribution in [0.2, 0.25) is 0 Å². The zero-order valence-electron chi connectivity index (χ0n) is 16.4. The fourth-order valence-corrected chi connectivity index (χ4v) is 4.27. The van der Waals surface area contributed by atoms with Crippen molar-refractivity contribution in [2.45, 2.75) is 96.8 Å². The molecule has 2 N–H and O–H groups in total. The Hall–Kier alpha value is -0.0200. The maximum Gasteiger partial charge on any atom is 0.697 e. The fraction of sp³-hybridized carbons (Fsp3) is 1.00. The van der Waals surface area contributed by atoms with Crippen LogP contribution < -0.4 is 5.73 Å². The van der Waals surface area contributed by atoms with Gasteiger partial charge in [-0.25, -0.2) is 0 Å². The molecule has 25 heavy (non-hydrogen) atoms. The molecule has 0 aromatic rings. The Bertz CT molecular complexity index is 322. The Kier molecular flexibility index (Phi) is 14.9. The van der Waals surface area contributed by atoms with Crippen molar-refractivity contribution < 1.29 is 13.6 Å². The first-order valence-electron chi connectivity index (χ1n) is 10.7. The van der Waals surface area contributed by atoms with E-state index in [1.54, 1.807) is 0 Å². The standard InChI is InChI=1S/C20H41NO3P/c1-2-3-12-19-17-20(18-19)13-8-4-6-10-15-23-25(22)24-16-11-7-5-9-14-21/h19-20H,2-18,21H2,1H3/q+1. The van der Waals surface area contributed by atoms with Crippen molar-refractivity contribution in [2.24, 2.45) is 17.6 Å². The largest absolute Gasteiger partial charge is 0.697 e. The maximum absolute atomic E-state index is 11.5. The number of unbranched alkanes of at least 4 members (excludes halogenated alkanes) is 7. The van der Waals surface area contributed by atoms with Gasteiger partial charge in [0.25, 0.3) is 0 Å². The van der Waals surface area contributed by atoms with Gasteiger partial charge in [0.2, 0.25) is 0 Å². The summed E-state index contributed by atoms with van der Waals surface area (Å²) in [5.41, 5.74) is 5.44. The Morgan fingerprint density at radius 1 is 0.800 bits per heavy atom. The number of rotatable bonds is 18. The summed E-state index contributed by atoms with van der Waals surface area (Å²) >= 11 is 0. The molecule has 0 aromatic heterocycles. The van der Waals surface area contributed by atoms with Crippen molar-refractivity contribution in [1.82, 2.24) is 0 Å². The minimum Gasteiger partial charge on any atom is -0.330 e. The molecule has 1 rings (SSSR count). The third-order valence-corrected chi connectivity index (χ3v) is 6.08. The molecule has 1 aliphatic rings. The van der Waals surface area contributed by atoms with Crippen LogP contribution in [0.5, 0.6) is 0 Å². The van der Waals surface area contributed by atoms with Crippen LogP contribution in [-0.2, 0) is 13.6 Å². The van der Waals surface area contributed by atoms with Gasteiger partial charge < -0.3 is 5.73 Å².